The number of nitrogens with one attached hydrogen (secondary N) is 1. The highest BCUT2D eigenvalue weighted by Gasteiger charge is 2.07. The summed E-state index contributed by atoms with van der Waals surface area (Å²) in [6, 6.07) is 14.1. The normalized spacial score (nSPS) is 12.0. The Labute approximate surface area is 139 Å². The fraction of sp³-hybridized carbons (Fsp3) is 0.294. The molecule has 2 N–H and O–H groups in total. The third-order valence-electron chi connectivity index (χ3n) is 3.14. The molecule has 4 heteroatoms. The summed E-state index contributed by atoms with van der Waals surface area (Å²) in [7, 11) is 0. The van der Waals surface area contributed by atoms with E-state index in [4.69, 9.17) is 4.74 Å². The summed E-state index contributed by atoms with van der Waals surface area (Å²) in [4.78, 5) is 0. The van der Waals surface area contributed by atoms with E-state index < -0.39 is 6.10 Å². The lowest BCUT2D eigenvalue weighted by Crippen LogP contribution is -2.26. The van der Waals surface area contributed by atoms with Crippen molar-refractivity contribution in [3.8, 4) is 5.75 Å². The monoisotopic (exact) mass is 397 g/mol. The van der Waals surface area contributed by atoms with Gasteiger partial charge in [0.15, 0.2) is 0 Å². The van der Waals surface area contributed by atoms with Gasteiger partial charge in [0.05, 0.1) is 0 Å². The van der Waals surface area contributed by atoms with Gasteiger partial charge in [-0.1, -0.05) is 18.2 Å². The van der Waals surface area contributed by atoms with Gasteiger partial charge >= 0.3 is 0 Å². The van der Waals surface area contributed by atoms with E-state index in [2.05, 4.69) is 34.0 Å². The molecular weight excluding hydrogens is 377 g/mol. The number of aliphatic hydroxyl groups is 1. The summed E-state index contributed by atoms with van der Waals surface area (Å²) >= 11 is 2.27. The van der Waals surface area contributed by atoms with Gasteiger partial charge in [-0.15, -0.1) is 0 Å². The van der Waals surface area contributed by atoms with Crippen LogP contribution in [0.5, 0.6) is 5.75 Å². The van der Waals surface area contributed by atoms with Crippen LogP contribution in [0, 0.1) is 17.4 Å². The number of ether oxygens (including phenoxy) is 1. The zero-order chi connectivity index (χ0) is 15.2. The fourth-order valence-electron chi connectivity index (χ4n) is 1.94. The van der Waals surface area contributed by atoms with Crippen LogP contribution in [0.1, 0.15) is 11.1 Å². The molecule has 0 saturated heterocycles. The van der Waals surface area contributed by atoms with Gasteiger partial charge in [0.25, 0.3) is 0 Å². The highest BCUT2D eigenvalue weighted by molar-refractivity contribution is 14.1. The number of aliphatic hydroxyl groups excluding tert-OH is 1. The molecule has 2 aromatic rings. The third-order valence-corrected chi connectivity index (χ3v) is 3.81. The number of hydrogen-bond donors (Lipinski definition) is 2. The van der Waals surface area contributed by atoms with E-state index in [0.29, 0.717) is 6.54 Å². The molecule has 0 aromatic heterocycles. The standard InChI is InChI=1S/C17H20INO2/c1-12-6-7-13(2)17(8-12)21-11-16(20)10-19-15-5-3-4-14(18)9-15/h3-9,16,19-20H,10-11H2,1-2H3. The van der Waals surface area contributed by atoms with Crippen LogP contribution in [0.15, 0.2) is 42.5 Å². The van der Waals surface area contributed by atoms with Crippen LogP contribution < -0.4 is 10.1 Å². The topological polar surface area (TPSA) is 41.5 Å². The average molecular weight is 397 g/mol. The number of halogens is 1. The van der Waals surface area contributed by atoms with Crippen molar-refractivity contribution in [2.24, 2.45) is 0 Å². The van der Waals surface area contributed by atoms with Gasteiger partial charge in [0.1, 0.15) is 18.5 Å². The molecule has 2 rings (SSSR count). The van der Waals surface area contributed by atoms with E-state index >= 15 is 0 Å². The third kappa shape index (κ3) is 5.21. The molecule has 21 heavy (non-hydrogen) atoms. The maximum Gasteiger partial charge on any atom is 0.122 e. The molecule has 112 valence electrons. The fourth-order valence-corrected chi connectivity index (χ4v) is 2.48. The Morgan fingerprint density at radius 3 is 2.76 bits per heavy atom. The van der Waals surface area contributed by atoms with Crippen molar-refractivity contribution >= 4 is 28.3 Å². The van der Waals surface area contributed by atoms with Gasteiger partial charge < -0.3 is 15.2 Å². The van der Waals surface area contributed by atoms with E-state index in [1.807, 2.05) is 50.2 Å². The quantitative estimate of drug-likeness (QED) is 0.730. The number of rotatable bonds is 6. The van der Waals surface area contributed by atoms with Crippen LogP contribution in [0.25, 0.3) is 0 Å². The molecule has 0 spiro atoms. The SMILES string of the molecule is Cc1ccc(C)c(OCC(O)CNc2cccc(I)c2)c1. The van der Waals surface area contributed by atoms with E-state index in [1.165, 1.54) is 3.57 Å². The van der Waals surface area contributed by atoms with Gasteiger partial charge in [-0.2, -0.15) is 0 Å². The Hall–Kier alpha value is -1.27. The van der Waals surface area contributed by atoms with Gasteiger partial charge in [-0.3, -0.25) is 0 Å². The van der Waals surface area contributed by atoms with Crippen LogP contribution in [-0.4, -0.2) is 24.4 Å². The Kier molecular flexibility index (Phi) is 5.87. The molecule has 0 radical (unpaired) electrons. The van der Waals surface area contributed by atoms with E-state index in [9.17, 15) is 5.11 Å². The minimum Gasteiger partial charge on any atom is -0.491 e. The van der Waals surface area contributed by atoms with Crippen molar-refractivity contribution in [3.05, 3.63) is 57.2 Å². The second-order valence-electron chi connectivity index (χ2n) is 5.13. The summed E-state index contributed by atoms with van der Waals surface area (Å²) in [6.45, 7) is 4.78. The maximum atomic E-state index is 10.0. The lowest BCUT2D eigenvalue weighted by Gasteiger charge is -2.15. The number of anilines is 1. The molecule has 0 bridgehead atoms. The summed E-state index contributed by atoms with van der Waals surface area (Å²) < 4.78 is 6.87. The molecule has 3 nitrogen and oxygen atoms in total. The molecule has 1 atom stereocenters. The summed E-state index contributed by atoms with van der Waals surface area (Å²) in [6.07, 6.45) is -0.553. The first-order valence-electron chi connectivity index (χ1n) is 6.92. The maximum absolute atomic E-state index is 10.0. The van der Waals surface area contributed by atoms with Crippen LogP contribution >= 0.6 is 22.6 Å². The van der Waals surface area contributed by atoms with E-state index in [-0.39, 0.29) is 6.61 Å². The van der Waals surface area contributed by atoms with Gasteiger partial charge in [-0.05, 0) is 71.8 Å². The summed E-state index contributed by atoms with van der Waals surface area (Å²) in [5.74, 6) is 0.836. The number of benzene rings is 2. The molecule has 0 saturated carbocycles. The molecule has 2 aromatic carbocycles. The van der Waals surface area contributed by atoms with E-state index in [0.717, 1.165) is 22.6 Å². The molecule has 0 aliphatic heterocycles. The highest BCUT2D eigenvalue weighted by atomic mass is 127. The molecule has 0 heterocycles. The van der Waals surface area contributed by atoms with Crippen molar-refractivity contribution in [1.29, 1.82) is 0 Å². The molecule has 0 fully saturated rings. The first-order valence-corrected chi connectivity index (χ1v) is 8.00. The summed E-state index contributed by atoms with van der Waals surface area (Å²) in [5, 5.41) is 13.2. The lowest BCUT2D eigenvalue weighted by atomic mass is 10.1. The zero-order valence-electron chi connectivity index (χ0n) is 12.3. The van der Waals surface area contributed by atoms with Crippen molar-refractivity contribution in [2.75, 3.05) is 18.5 Å². The van der Waals surface area contributed by atoms with Gasteiger partial charge in [0.2, 0.25) is 0 Å². The largest absolute Gasteiger partial charge is 0.491 e. The Morgan fingerprint density at radius 1 is 1.19 bits per heavy atom. The smallest absolute Gasteiger partial charge is 0.122 e. The Balaban J connectivity index is 1.82. The number of hydrogen-bond acceptors (Lipinski definition) is 3. The Bertz CT molecular complexity index is 601. The molecule has 1 unspecified atom stereocenters. The van der Waals surface area contributed by atoms with Crippen molar-refractivity contribution < 1.29 is 9.84 Å². The Morgan fingerprint density at radius 2 is 2.00 bits per heavy atom. The molecular formula is C17H20INO2. The second kappa shape index (κ2) is 7.66. The van der Waals surface area contributed by atoms with Crippen LogP contribution in [0.3, 0.4) is 0 Å². The van der Waals surface area contributed by atoms with Crippen LogP contribution in [0.2, 0.25) is 0 Å². The predicted molar refractivity (Wildman–Crippen MR) is 95.1 cm³/mol. The van der Waals surface area contributed by atoms with Gasteiger partial charge in [0, 0.05) is 15.8 Å². The molecule has 0 aliphatic carbocycles. The lowest BCUT2D eigenvalue weighted by molar-refractivity contribution is 0.117. The predicted octanol–water partition coefficient (Wildman–Crippen LogP) is 3.76. The van der Waals surface area contributed by atoms with Crippen LogP contribution in [0.4, 0.5) is 5.69 Å². The van der Waals surface area contributed by atoms with E-state index in [1.54, 1.807) is 0 Å². The van der Waals surface area contributed by atoms with Crippen molar-refractivity contribution in [2.45, 2.75) is 20.0 Å². The zero-order valence-corrected chi connectivity index (χ0v) is 14.4. The highest BCUT2D eigenvalue weighted by Crippen LogP contribution is 2.19. The van der Waals surface area contributed by atoms with Crippen molar-refractivity contribution in [3.63, 3.8) is 0 Å². The average Bonchev–Trinajstić information content (AvgIpc) is 2.46. The first kappa shape index (κ1) is 16.1. The molecule has 0 amide bonds. The van der Waals surface area contributed by atoms with Crippen molar-refractivity contribution in [1.82, 2.24) is 0 Å². The second-order valence-corrected chi connectivity index (χ2v) is 6.37. The van der Waals surface area contributed by atoms with Crippen LogP contribution in [-0.2, 0) is 0 Å². The summed E-state index contributed by atoms with van der Waals surface area (Å²) in [5.41, 5.74) is 3.24. The minimum absolute atomic E-state index is 0.279. The van der Waals surface area contributed by atoms with Gasteiger partial charge in [-0.25, -0.2) is 0 Å². The first-order chi connectivity index (χ1) is 10.0. The molecule has 0 aliphatic rings. The minimum atomic E-state index is -0.553. The number of aryl methyl sites for hydroxylation is 2.